The molecule has 0 bridgehead atoms. The molecule has 1 fully saturated rings. The molecule has 0 spiro atoms. The van der Waals surface area contributed by atoms with Gasteiger partial charge in [-0.3, -0.25) is 15.0 Å². The number of rotatable bonds is 3. The van der Waals surface area contributed by atoms with E-state index >= 15 is 4.39 Å². The van der Waals surface area contributed by atoms with E-state index in [4.69, 9.17) is 16.3 Å². The molecule has 28 heavy (non-hydrogen) atoms. The van der Waals surface area contributed by atoms with Gasteiger partial charge in [0.15, 0.2) is 11.6 Å². The second-order valence-corrected chi connectivity index (χ2v) is 7.75. The molecule has 0 amide bonds. The third kappa shape index (κ3) is 2.06. The number of hydrazine groups is 1. The van der Waals surface area contributed by atoms with Crippen molar-refractivity contribution in [1.82, 2.24) is 4.40 Å². The lowest BCUT2D eigenvalue weighted by atomic mass is 10.0. The van der Waals surface area contributed by atoms with Crippen LogP contribution < -0.4 is 32.1 Å². The van der Waals surface area contributed by atoms with Crippen LogP contribution in [0.15, 0.2) is 10.2 Å². The lowest BCUT2D eigenvalue weighted by molar-refractivity contribution is 0.0697. The van der Waals surface area contributed by atoms with Gasteiger partial charge < -0.3 is 25.9 Å². The minimum atomic E-state index is -1.38. The van der Waals surface area contributed by atoms with Gasteiger partial charge in [-0.05, 0) is 6.42 Å². The van der Waals surface area contributed by atoms with Gasteiger partial charge in [0.1, 0.15) is 33.9 Å². The Kier molecular flexibility index (Phi) is 3.57. The normalized spacial score (nSPS) is 18.2. The maximum absolute atomic E-state index is 15.5. The smallest absolute Gasteiger partial charge is 0.342 e. The molecule has 0 radical (unpaired) electrons. The molecule has 2 aliphatic heterocycles. The summed E-state index contributed by atoms with van der Waals surface area (Å²) in [7, 11) is 0. The van der Waals surface area contributed by atoms with Crippen LogP contribution in [0.4, 0.5) is 15.8 Å². The Bertz CT molecular complexity index is 1240. The van der Waals surface area contributed by atoms with E-state index in [1.807, 2.05) is 0 Å². The van der Waals surface area contributed by atoms with E-state index < -0.39 is 22.8 Å². The Morgan fingerprint density at radius 2 is 2.25 bits per heavy atom. The summed E-state index contributed by atoms with van der Waals surface area (Å²) >= 11 is 1.14. The minimum absolute atomic E-state index is 0.103. The van der Waals surface area contributed by atoms with Gasteiger partial charge in [-0.2, -0.15) is 0 Å². The highest BCUT2D eigenvalue weighted by Gasteiger charge is 2.35. The Morgan fingerprint density at radius 3 is 2.89 bits per heavy atom. The highest BCUT2D eigenvalue weighted by atomic mass is 32.1. The summed E-state index contributed by atoms with van der Waals surface area (Å²) in [5.74, 6) is 3.64. The topological polar surface area (TPSA) is 135 Å². The average Bonchev–Trinajstić information content (AvgIpc) is 3.27. The quantitative estimate of drug-likeness (QED) is 0.375. The number of halogens is 1. The molecule has 2 aliphatic rings. The molecule has 0 saturated carbocycles. The van der Waals surface area contributed by atoms with Crippen LogP contribution >= 0.6 is 11.3 Å². The molecule has 146 valence electrons. The Hall–Kier alpha value is -2.89. The number of aromatic carboxylic acids is 1. The fourth-order valence-electron chi connectivity index (χ4n) is 4.08. The van der Waals surface area contributed by atoms with Gasteiger partial charge in [-0.25, -0.2) is 9.18 Å². The number of aromatic nitrogens is 1. The van der Waals surface area contributed by atoms with E-state index in [0.717, 1.165) is 11.3 Å². The number of nitrogens with two attached hydrogens (primary N) is 2. The monoisotopic (exact) mass is 405 g/mol. The van der Waals surface area contributed by atoms with Crippen LogP contribution in [-0.2, 0) is 6.61 Å². The number of nitrogens with one attached hydrogen (secondary N) is 1. The van der Waals surface area contributed by atoms with Crippen molar-refractivity contribution in [3.8, 4) is 5.75 Å². The minimum Gasteiger partial charge on any atom is -0.483 e. The summed E-state index contributed by atoms with van der Waals surface area (Å²) in [5.41, 5.74) is 7.95. The fraction of sp³-hybridized carbons (Fsp3) is 0.294. The van der Waals surface area contributed by atoms with Crippen molar-refractivity contribution >= 4 is 44.4 Å². The summed E-state index contributed by atoms with van der Waals surface area (Å²) in [6, 6.07) is -0.103. The molecule has 3 aromatic rings. The molecule has 4 heterocycles. The predicted molar refractivity (Wildman–Crippen MR) is 103 cm³/mol. The number of carbonyl (C=O) groups is 1. The number of carboxylic acids is 1. The number of hydrogen-bond donors (Lipinski definition) is 4. The van der Waals surface area contributed by atoms with Crippen LogP contribution in [0.2, 0.25) is 0 Å². The van der Waals surface area contributed by atoms with E-state index in [-0.39, 0.29) is 40.0 Å². The molecule has 0 aliphatic carbocycles. The van der Waals surface area contributed by atoms with Crippen molar-refractivity contribution in [3.05, 3.63) is 32.7 Å². The molecule has 5 rings (SSSR count). The molecule has 1 saturated heterocycles. The molecular formula is C17H16FN5O4S. The number of anilines is 2. The van der Waals surface area contributed by atoms with Gasteiger partial charge in [0.05, 0.1) is 11.1 Å². The average molecular weight is 405 g/mol. The third-order valence-electron chi connectivity index (χ3n) is 5.30. The highest BCUT2D eigenvalue weighted by Crippen LogP contribution is 2.46. The van der Waals surface area contributed by atoms with Gasteiger partial charge in [-0.1, -0.05) is 0 Å². The largest absolute Gasteiger partial charge is 0.483 e. The number of ether oxygens (including phenoxy) is 1. The fourth-order valence-corrected chi connectivity index (χ4v) is 5.12. The summed E-state index contributed by atoms with van der Waals surface area (Å²) in [6.07, 6.45) is 0.694. The highest BCUT2D eigenvalue weighted by molar-refractivity contribution is 7.16. The zero-order valence-electron chi connectivity index (χ0n) is 14.5. The van der Waals surface area contributed by atoms with Gasteiger partial charge in [0.2, 0.25) is 5.43 Å². The lowest BCUT2D eigenvalue weighted by Crippen LogP contribution is -2.29. The first kappa shape index (κ1) is 17.2. The first-order valence-corrected chi connectivity index (χ1v) is 9.49. The lowest BCUT2D eigenvalue weighted by Gasteiger charge is -2.28. The Morgan fingerprint density at radius 1 is 1.46 bits per heavy atom. The summed E-state index contributed by atoms with van der Waals surface area (Å²) in [4.78, 5) is 26.9. The summed E-state index contributed by atoms with van der Waals surface area (Å²) in [5, 5.41) is 11.2. The first-order valence-electron chi connectivity index (χ1n) is 8.61. The van der Waals surface area contributed by atoms with E-state index in [1.54, 1.807) is 14.7 Å². The molecule has 1 unspecified atom stereocenters. The summed E-state index contributed by atoms with van der Waals surface area (Å²) in [6.45, 7) is 1.10. The van der Waals surface area contributed by atoms with Crippen molar-refractivity contribution in [1.29, 1.82) is 0 Å². The Balaban J connectivity index is 2.01. The van der Waals surface area contributed by atoms with Crippen LogP contribution in [-0.4, -0.2) is 34.6 Å². The van der Waals surface area contributed by atoms with E-state index in [2.05, 4.69) is 5.43 Å². The van der Waals surface area contributed by atoms with Crippen molar-refractivity contribution < 1.29 is 19.0 Å². The maximum Gasteiger partial charge on any atom is 0.342 e. The summed E-state index contributed by atoms with van der Waals surface area (Å²) < 4.78 is 23.0. The number of hydrogen-bond acceptors (Lipinski definition) is 8. The van der Waals surface area contributed by atoms with Gasteiger partial charge >= 0.3 is 5.97 Å². The van der Waals surface area contributed by atoms with Crippen molar-refractivity contribution in [3.63, 3.8) is 0 Å². The van der Waals surface area contributed by atoms with E-state index in [0.29, 0.717) is 30.7 Å². The van der Waals surface area contributed by atoms with Crippen LogP contribution in [0.1, 0.15) is 22.5 Å². The number of nitrogen functional groups attached to an aromatic ring is 1. The SMILES string of the molecule is NNc1c(F)c(N2CCC(N)C2)c2c3c1c(=O)c(C(=O)O)c1scc(n13)CO2. The standard InChI is InChI=1S/C17H16FN5O4S/c18-10-11(21-20)8-12-15(13(10)22-2-1-6(19)3-22)27-4-7-5-28-16(23(7)12)9(14(8)24)17(25)26/h5-6,21H,1-4,19-20H2,(H,25,26). The molecule has 1 atom stereocenters. The third-order valence-corrected chi connectivity index (χ3v) is 6.30. The number of carboxylic acid groups (broad SMARTS) is 1. The van der Waals surface area contributed by atoms with Crippen molar-refractivity contribution in [2.24, 2.45) is 11.6 Å². The molecule has 6 N–H and O–H groups in total. The first-order chi connectivity index (χ1) is 13.4. The molecule has 1 aromatic carbocycles. The predicted octanol–water partition coefficient (Wildman–Crippen LogP) is 1.07. The zero-order chi connectivity index (χ0) is 19.7. The van der Waals surface area contributed by atoms with Crippen LogP contribution in [0.25, 0.3) is 15.7 Å². The van der Waals surface area contributed by atoms with Gasteiger partial charge in [0, 0.05) is 24.5 Å². The Labute approximate surface area is 160 Å². The van der Waals surface area contributed by atoms with Gasteiger partial charge in [0.25, 0.3) is 0 Å². The van der Waals surface area contributed by atoms with E-state index in [9.17, 15) is 14.7 Å². The molecule has 9 nitrogen and oxygen atoms in total. The molecule has 11 heteroatoms. The van der Waals surface area contributed by atoms with Crippen LogP contribution in [0.5, 0.6) is 5.75 Å². The number of nitrogens with zero attached hydrogens (tertiary/aromatic N) is 2. The van der Waals surface area contributed by atoms with E-state index in [1.165, 1.54) is 0 Å². The van der Waals surface area contributed by atoms with Crippen LogP contribution in [0.3, 0.4) is 0 Å². The molecular weight excluding hydrogens is 389 g/mol. The maximum atomic E-state index is 15.5. The zero-order valence-corrected chi connectivity index (χ0v) is 15.3. The van der Waals surface area contributed by atoms with Crippen molar-refractivity contribution in [2.75, 3.05) is 23.4 Å². The van der Waals surface area contributed by atoms with Crippen LogP contribution in [0, 0.1) is 5.82 Å². The number of benzene rings is 1. The number of pyridine rings is 1. The second kappa shape index (κ2) is 5.80. The number of thiazole rings is 1. The molecule has 2 aromatic heterocycles. The van der Waals surface area contributed by atoms with Gasteiger partial charge in [-0.15, -0.1) is 11.3 Å². The second-order valence-electron chi connectivity index (χ2n) is 6.89. The van der Waals surface area contributed by atoms with Crippen molar-refractivity contribution in [2.45, 2.75) is 19.1 Å².